The van der Waals surface area contributed by atoms with E-state index in [0.29, 0.717) is 12.8 Å². The molecule has 1 saturated heterocycles. The molecule has 0 radical (unpaired) electrons. The van der Waals surface area contributed by atoms with E-state index in [2.05, 4.69) is 0 Å². The van der Waals surface area contributed by atoms with Gasteiger partial charge in [-0.3, -0.25) is 19.7 Å². The number of aliphatic hydroxyl groups is 3. The average Bonchev–Trinajstić information content (AvgIpc) is 3.27. The molecule has 2 atom stereocenters. The molecular formula is C23H20N2O8. The van der Waals surface area contributed by atoms with Gasteiger partial charge in [-0.15, -0.1) is 0 Å². The summed E-state index contributed by atoms with van der Waals surface area (Å²) >= 11 is 0. The van der Waals surface area contributed by atoms with Crippen molar-refractivity contribution in [2.45, 2.75) is 36.9 Å². The Morgan fingerprint density at radius 3 is 2.27 bits per heavy atom. The fraction of sp³-hybridized carbons (Fsp3) is 0.304. The molecule has 0 bridgehead atoms. The molecule has 1 amide bonds. The van der Waals surface area contributed by atoms with Crippen molar-refractivity contribution in [3.8, 4) is 0 Å². The molecule has 10 nitrogen and oxygen atoms in total. The van der Waals surface area contributed by atoms with E-state index in [1.807, 2.05) is 6.92 Å². The Kier molecular flexibility index (Phi) is 4.32. The molecule has 3 N–H and O–H groups in total. The predicted molar refractivity (Wildman–Crippen MR) is 112 cm³/mol. The summed E-state index contributed by atoms with van der Waals surface area (Å²) in [5.41, 5.74) is -2.85. The Morgan fingerprint density at radius 1 is 1.03 bits per heavy atom. The number of ketones is 1. The topological polar surface area (TPSA) is 150 Å². The van der Waals surface area contributed by atoms with Gasteiger partial charge in [-0.05, 0) is 18.6 Å². The van der Waals surface area contributed by atoms with E-state index in [9.17, 15) is 35.0 Å². The van der Waals surface area contributed by atoms with Gasteiger partial charge in [0, 0.05) is 35.4 Å². The minimum absolute atomic E-state index is 0.00779. The number of amides is 1. The molecule has 0 aromatic heterocycles. The third-order valence-electron chi connectivity index (χ3n) is 6.65. The minimum atomic E-state index is -2.86. The molecule has 2 heterocycles. The van der Waals surface area contributed by atoms with Crippen LogP contribution in [0.3, 0.4) is 0 Å². The molecular weight excluding hydrogens is 432 g/mol. The maximum absolute atomic E-state index is 13.3. The van der Waals surface area contributed by atoms with Crippen molar-refractivity contribution in [3.05, 3.63) is 80.9 Å². The number of benzene rings is 2. The molecule has 1 aliphatic carbocycles. The standard InChI is InChI=1S/C23H20N2O8/c1-2-3-12-24-20(27)18(26)17-19(13-8-10-14(11-9-13)25(31)32)33-23(30)16-7-5-4-6-15(16)22(28,29)21(17,23)24/h4-11,28-30H,2-3,12H2,1H3/t21-,23+/m1/s1. The molecule has 3 aliphatic rings. The van der Waals surface area contributed by atoms with Crippen LogP contribution in [0.25, 0.3) is 5.76 Å². The van der Waals surface area contributed by atoms with Crippen LogP contribution in [0.15, 0.2) is 54.1 Å². The van der Waals surface area contributed by atoms with E-state index in [1.54, 1.807) is 6.07 Å². The SMILES string of the molecule is CCCCN1C(=O)C(=O)C2=C(c3ccc([N+](=O)[O-])cc3)O[C@@]3(O)c4ccccc4C(O)(O)[C@@]213. The third kappa shape index (κ3) is 2.32. The number of carbonyl (C=O) groups is 2. The monoisotopic (exact) mass is 452 g/mol. The lowest BCUT2D eigenvalue weighted by atomic mass is 9.78. The minimum Gasteiger partial charge on any atom is -0.454 e. The Morgan fingerprint density at radius 2 is 1.67 bits per heavy atom. The van der Waals surface area contributed by atoms with Gasteiger partial charge >= 0.3 is 0 Å². The molecule has 0 unspecified atom stereocenters. The van der Waals surface area contributed by atoms with Gasteiger partial charge in [0.05, 0.1) is 10.5 Å². The second-order valence-corrected chi connectivity index (χ2v) is 8.32. The number of Topliss-reactive ketones (excluding diaryl/α,β-unsaturated/α-hetero) is 1. The number of nitro benzene ring substituents is 1. The molecule has 170 valence electrons. The summed E-state index contributed by atoms with van der Waals surface area (Å²) < 4.78 is 5.94. The number of nitro groups is 1. The van der Waals surface area contributed by atoms with Gasteiger partial charge in [-0.25, -0.2) is 0 Å². The van der Waals surface area contributed by atoms with E-state index >= 15 is 0 Å². The van der Waals surface area contributed by atoms with Gasteiger partial charge in [-0.2, -0.15) is 0 Å². The number of carbonyl (C=O) groups excluding carboxylic acids is 2. The van der Waals surface area contributed by atoms with Crippen LogP contribution in [0.1, 0.15) is 36.5 Å². The maximum atomic E-state index is 13.3. The van der Waals surface area contributed by atoms with E-state index in [4.69, 9.17) is 4.74 Å². The first-order valence-electron chi connectivity index (χ1n) is 10.4. The van der Waals surface area contributed by atoms with Crippen molar-refractivity contribution < 1.29 is 34.6 Å². The second-order valence-electron chi connectivity index (χ2n) is 8.32. The van der Waals surface area contributed by atoms with E-state index in [0.717, 1.165) is 4.90 Å². The quantitative estimate of drug-likeness (QED) is 0.266. The summed E-state index contributed by atoms with van der Waals surface area (Å²) in [6.45, 7) is 1.84. The summed E-state index contributed by atoms with van der Waals surface area (Å²) in [5, 5.41) is 45.9. The molecule has 0 saturated carbocycles. The van der Waals surface area contributed by atoms with Crippen LogP contribution in [0.4, 0.5) is 5.69 Å². The summed E-state index contributed by atoms with van der Waals surface area (Å²) in [6.07, 6.45) is 1.07. The van der Waals surface area contributed by atoms with E-state index < -0.39 is 33.7 Å². The van der Waals surface area contributed by atoms with Crippen LogP contribution in [0, 0.1) is 10.1 Å². The number of hydrogen-bond donors (Lipinski definition) is 3. The number of likely N-dealkylation sites (tertiary alicyclic amines) is 1. The first-order chi connectivity index (χ1) is 15.6. The summed E-state index contributed by atoms with van der Waals surface area (Å²) in [4.78, 5) is 37.8. The lowest BCUT2D eigenvalue weighted by molar-refractivity contribution is -0.384. The number of non-ortho nitro benzene ring substituents is 1. The molecule has 5 rings (SSSR count). The van der Waals surface area contributed by atoms with Crippen molar-refractivity contribution in [1.82, 2.24) is 4.90 Å². The first kappa shape index (κ1) is 21.3. The first-order valence-corrected chi connectivity index (χ1v) is 10.4. The molecule has 10 heteroatoms. The van der Waals surface area contributed by atoms with Crippen molar-refractivity contribution in [2.24, 2.45) is 0 Å². The van der Waals surface area contributed by atoms with Crippen LogP contribution in [0.2, 0.25) is 0 Å². The molecule has 1 spiro atoms. The summed E-state index contributed by atoms with van der Waals surface area (Å²) in [5.74, 6) is -7.58. The number of fused-ring (bicyclic) bond motifs is 2. The van der Waals surface area contributed by atoms with Crippen LogP contribution in [-0.4, -0.2) is 48.9 Å². The van der Waals surface area contributed by atoms with Gasteiger partial charge < -0.3 is 25.0 Å². The lowest BCUT2D eigenvalue weighted by Gasteiger charge is -2.45. The number of nitrogens with zero attached hydrogens (tertiary/aromatic N) is 2. The molecule has 33 heavy (non-hydrogen) atoms. The van der Waals surface area contributed by atoms with Crippen LogP contribution < -0.4 is 0 Å². The highest BCUT2D eigenvalue weighted by Gasteiger charge is 2.84. The predicted octanol–water partition coefficient (Wildman–Crippen LogP) is 1.28. The van der Waals surface area contributed by atoms with Crippen molar-refractivity contribution in [2.75, 3.05) is 6.54 Å². The smallest absolute Gasteiger partial charge is 0.296 e. The Balaban J connectivity index is 1.82. The van der Waals surface area contributed by atoms with Gasteiger partial charge in [0.25, 0.3) is 23.2 Å². The highest BCUT2D eigenvalue weighted by atomic mass is 16.6. The fourth-order valence-corrected chi connectivity index (χ4v) is 5.22. The van der Waals surface area contributed by atoms with Crippen molar-refractivity contribution in [1.29, 1.82) is 0 Å². The highest BCUT2D eigenvalue weighted by molar-refractivity contribution is 6.48. The van der Waals surface area contributed by atoms with Crippen molar-refractivity contribution >= 4 is 23.1 Å². The molecule has 2 aromatic rings. The van der Waals surface area contributed by atoms with Crippen molar-refractivity contribution in [3.63, 3.8) is 0 Å². The number of ether oxygens (including phenoxy) is 1. The molecule has 1 fully saturated rings. The maximum Gasteiger partial charge on any atom is 0.296 e. The summed E-state index contributed by atoms with van der Waals surface area (Å²) in [7, 11) is 0. The van der Waals surface area contributed by atoms with Crippen LogP contribution in [0.5, 0.6) is 0 Å². The number of unbranched alkanes of at least 4 members (excludes halogenated alkanes) is 1. The summed E-state index contributed by atoms with van der Waals surface area (Å²) in [6, 6.07) is 10.9. The fourth-order valence-electron chi connectivity index (χ4n) is 5.22. The van der Waals surface area contributed by atoms with E-state index in [1.165, 1.54) is 42.5 Å². The second kappa shape index (κ2) is 6.70. The van der Waals surface area contributed by atoms with Gasteiger partial charge in [-0.1, -0.05) is 37.6 Å². The Labute approximate surface area is 187 Å². The van der Waals surface area contributed by atoms with Crippen LogP contribution in [-0.2, 0) is 25.9 Å². The molecule has 2 aliphatic heterocycles. The normalized spacial score (nSPS) is 26.8. The third-order valence-corrected chi connectivity index (χ3v) is 6.65. The van der Waals surface area contributed by atoms with Gasteiger partial charge in [0.15, 0.2) is 0 Å². The Bertz CT molecular complexity index is 1250. The zero-order chi connectivity index (χ0) is 23.8. The van der Waals surface area contributed by atoms with Gasteiger partial charge in [0.1, 0.15) is 5.76 Å². The average molecular weight is 452 g/mol. The lowest BCUT2D eigenvalue weighted by Crippen LogP contribution is -2.66. The molecule has 2 aromatic carbocycles. The highest BCUT2D eigenvalue weighted by Crippen LogP contribution is 2.67. The Hall–Kier alpha value is -3.60. The number of rotatable bonds is 5. The zero-order valence-corrected chi connectivity index (χ0v) is 17.5. The zero-order valence-electron chi connectivity index (χ0n) is 17.5. The van der Waals surface area contributed by atoms with E-state index in [-0.39, 0.29) is 40.3 Å². The number of hydrogen-bond acceptors (Lipinski definition) is 8. The largest absolute Gasteiger partial charge is 0.454 e. The van der Waals surface area contributed by atoms with Gasteiger partial charge in [0.2, 0.25) is 11.3 Å². The van der Waals surface area contributed by atoms with Crippen LogP contribution >= 0.6 is 0 Å².